The van der Waals surface area contributed by atoms with Crippen molar-refractivity contribution in [2.45, 2.75) is 32.9 Å². The summed E-state index contributed by atoms with van der Waals surface area (Å²) in [6, 6.07) is 13.5. The number of ether oxygens (including phenoxy) is 1. The van der Waals surface area contributed by atoms with E-state index in [-0.39, 0.29) is 24.1 Å². The molecule has 1 aromatic heterocycles. The van der Waals surface area contributed by atoms with E-state index in [1.165, 1.54) is 9.13 Å². The minimum Gasteiger partial charge on any atom is -0.497 e. The number of nitrogens with one attached hydrogen (secondary N) is 1. The van der Waals surface area contributed by atoms with E-state index in [2.05, 4.69) is 5.32 Å². The summed E-state index contributed by atoms with van der Waals surface area (Å²) < 4.78 is 7.72. The van der Waals surface area contributed by atoms with Gasteiger partial charge in [0.15, 0.2) is 0 Å². The molecule has 0 bridgehead atoms. The van der Waals surface area contributed by atoms with Crippen molar-refractivity contribution >= 4 is 22.5 Å². The molecule has 7 nitrogen and oxygen atoms in total. The number of nitrogens with zero attached hydrogens (tertiary/aromatic N) is 2. The molecule has 0 radical (unpaired) electrons. The molecule has 146 valence electrons. The molecule has 0 saturated carbocycles. The SMILES string of the molecule is CC[C@@H](C)n1c(=O)c2ccccc2n(CC(=O)Nc2cccc(OC)c2)c1=O. The number of benzene rings is 2. The lowest BCUT2D eigenvalue weighted by molar-refractivity contribution is -0.116. The maximum Gasteiger partial charge on any atom is 0.332 e. The third kappa shape index (κ3) is 3.69. The molecule has 1 N–H and O–H groups in total. The number of hydrogen-bond acceptors (Lipinski definition) is 4. The van der Waals surface area contributed by atoms with Crippen molar-refractivity contribution in [1.82, 2.24) is 9.13 Å². The topological polar surface area (TPSA) is 82.3 Å². The number of rotatable bonds is 6. The Kier molecular flexibility index (Phi) is 5.63. The Morgan fingerprint density at radius 3 is 2.61 bits per heavy atom. The van der Waals surface area contributed by atoms with E-state index in [1.807, 2.05) is 13.8 Å². The highest BCUT2D eigenvalue weighted by Crippen LogP contribution is 2.17. The predicted molar refractivity (Wildman–Crippen MR) is 109 cm³/mol. The monoisotopic (exact) mass is 381 g/mol. The van der Waals surface area contributed by atoms with Gasteiger partial charge in [-0.3, -0.25) is 18.7 Å². The lowest BCUT2D eigenvalue weighted by Crippen LogP contribution is -2.43. The molecule has 0 saturated heterocycles. The van der Waals surface area contributed by atoms with Crippen LogP contribution in [0.25, 0.3) is 10.9 Å². The summed E-state index contributed by atoms with van der Waals surface area (Å²) in [5.41, 5.74) is 0.188. The molecular formula is C21H23N3O4. The summed E-state index contributed by atoms with van der Waals surface area (Å²) in [6.07, 6.45) is 0.628. The molecule has 2 aromatic carbocycles. The van der Waals surface area contributed by atoms with Crippen molar-refractivity contribution in [2.75, 3.05) is 12.4 Å². The van der Waals surface area contributed by atoms with E-state index in [0.29, 0.717) is 28.8 Å². The molecule has 3 aromatic rings. The number of amides is 1. The molecule has 0 spiro atoms. The van der Waals surface area contributed by atoms with Gasteiger partial charge in [0, 0.05) is 17.8 Å². The van der Waals surface area contributed by atoms with E-state index in [0.717, 1.165) is 0 Å². The molecule has 0 aliphatic carbocycles. The van der Waals surface area contributed by atoms with Gasteiger partial charge < -0.3 is 10.1 Å². The molecule has 28 heavy (non-hydrogen) atoms. The quantitative estimate of drug-likeness (QED) is 0.712. The zero-order valence-corrected chi connectivity index (χ0v) is 16.1. The van der Waals surface area contributed by atoms with Gasteiger partial charge in [-0.15, -0.1) is 0 Å². The fraction of sp³-hybridized carbons (Fsp3) is 0.286. The molecule has 0 aliphatic heterocycles. The number of aromatic nitrogens is 2. The van der Waals surface area contributed by atoms with Gasteiger partial charge in [0.2, 0.25) is 5.91 Å². The van der Waals surface area contributed by atoms with Gasteiger partial charge >= 0.3 is 5.69 Å². The molecule has 1 amide bonds. The molecule has 1 heterocycles. The number of methoxy groups -OCH3 is 1. The normalized spacial score (nSPS) is 12.0. The molecule has 0 fully saturated rings. The first kappa shape index (κ1) is 19.4. The summed E-state index contributed by atoms with van der Waals surface area (Å²) in [6.45, 7) is 3.52. The van der Waals surface area contributed by atoms with Gasteiger partial charge in [-0.1, -0.05) is 25.1 Å². The average molecular weight is 381 g/mol. The highest BCUT2D eigenvalue weighted by Gasteiger charge is 2.18. The summed E-state index contributed by atoms with van der Waals surface area (Å²) in [4.78, 5) is 38.4. The van der Waals surface area contributed by atoms with Crippen molar-refractivity contribution < 1.29 is 9.53 Å². The first-order valence-electron chi connectivity index (χ1n) is 9.14. The molecular weight excluding hydrogens is 358 g/mol. The van der Waals surface area contributed by atoms with Gasteiger partial charge in [0.05, 0.1) is 18.0 Å². The maximum atomic E-state index is 13.0. The summed E-state index contributed by atoms with van der Waals surface area (Å²) in [5, 5.41) is 3.18. The Bertz CT molecular complexity index is 1130. The van der Waals surface area contributed by atoms with Crippen LogP contribution in [0.3, 0.4) is 0 Å². The second-order valence-corrected chi connectivity index (χ2v) is 6.60. The van der Waals surface area contributed by atoms with Crippen LogP contribution < -0.4 is 21.3 Å². The fourth-order valence-electron chi connectivity index (χ4n) is 3.11. The smallest absolute Gasteiger partial charge is 0.332 e. The van der Waals surface area contributed by atoms with E-state index < -0.39 is 5.69 Å². The van der Waals surface area contributed by atoms with Crippen LogP contribution in [-0.4, -0.2) is 22.2 Å². The first-order valence-corrected chi connectivity index (χ1v) is 9.14. The molecule has 0 unspecified atom stereocenters. The Hall–Kier alpha value is -3.35. The number of carbonyl (C=O) groups is 1. The number of para-hydroxylation sites is 1. The van der Waals surface area contributed by atoms with E-state index in [1.54, 1.807) is 55.6 Å². The second-order valence-electron chi connectivity index (χ2n) is 6.60. The van der Waals surface area contributed by atoms with E-state index in [9.17, 15) is 14.4 Å². The van der Waals surface area contributed by atoms with Crippen molar-refractivity contribution in [3.8, 4) is 5.75 Å². The molecule has 1 atom stereocenters. The summed E-state index contributed by atoms with van der Waals surface area (Å²) >= 11 is 0. The van der Waals surface area contributed by atoms with E-state index in [4.69, 9.17) is 4.74 Å². The third-order valence-corrected chi connectivity index (χ3v) is 4.77. The average Bonchev–Trinajstić information content (AvgIpc) is 2.71. The fourth-order valence-corrected chi connectivity index (χ4v) is 3.11. The van der Waals surface area contributed by atoms with Gasteiger partial charge in [0.1, 0.15) is 12.3 Å². The largest absolute Gasteiger partial charge is 0.497 e. The van der Waals surface area contributed by atoms with Gasteiger partial charge in [-0.2, -0.15) is 0 Å². The van der Waals surface area contributed by atoms with Crippen molar-refractivity contribution in [3.05, 3.63) is 69.4 Å². The van der Waals surface area contributed by atoms with Crippen LogP contribution in [0.4, 0.5) is 5.69 Å². The van der Waals surface area contributed by atoms with Crippen molar-refractivity contribution in [2.24, 2.45) is 0 Å². The van der Waals surface area contributed by atoms with Crippen LogP contribution in [0.15, 0.2) is 58.1 Å². The molecule has 0 aliphatic rings. The Morgan fingerprint density at radius 2 is 1.89 bits per heavy atom. The Balaban J connectivity index is 2.03. The van der Waals surface area contributed by atoms with Crippen LogP contribution in [0.1, 0.15) is 26.3 Å². The van der Waals surface area contributed by atoms with Crippen molar-refractivity contribution in [3.63, 3.8) is 0 Å². The van der Waals surface area contributed by atoms with Gasteiger partial charge in [-0.05, 0) is 37.6 Å². The van der Waals surface area contributed by atoms with Gasteiger partial charge in [0.25, 0.3) is 5.56 Å². The summed E-state index contributed by atoms with van der Waals surface area (Å²) in [7, 11) is 1.55. The molecule has 3 rings (SSSR count). The number of hydrogen-bond donors (Lipinski definition) is 1. The van der Waals surface area contributed by atoms with Crippen LogP contribution in [0.2, 0.25) is 0 Å². The van der Waals surface area contributed by atoms with Crippen molar-refractivity contribution in [1.29, 1.82) is 0 Å². The number of anilines is 1. The zero-order chi connectivity index (χ0) is 20.3. The van der Waals surface area contributed by atoms with E-state index >= 15 is 0 Å². The highest BCUT2D eigenvalue weighted by molar-refractivity contribution is 5.91. The Labute approximate surface area is 162 Å². The second kappa shape index (κ2) is 8.12. The summed E-state index contributed by atoms with van der Waals surface area (Å²) in [5.74, 6) is 0.251. The van der Waals surface area contributed by atoms with Crippen LogP contribution in [-0.2, 0) is 11.3 Å². The zero-order valence-electron chi connectivity index (χ0n) is 16.1. The first-order chi connectivity index (χ1) is 13.5. The maximum absolute atomic E-state index is 13.0. The third-order valence-electron chi connectivity index (χ3n) is 4.77. The highest BCUT2D eigenvalue weighted by atomic mass is 16.5. The Morgan fingerprint density at radius 1 is 1.14 bits per heavy atom. The minimum absolute atomic E-state index is 0.201. The lowest BCUT2D eigenvalue weighted by Gasteiger charge is -2.17. The van der Waals surface area contributed by atoms with Crippen LogP contribution in [0, 0.1) is 0 Å². The lowest BCUT2D eigenvalue weighted by atomic mass is 10.2. The predicted octanol–water partition coefficient (Wildman–Crippen LogP) is 2.78. The van der Waals surface area contributed by atoms with Crippen LogP contribution in [0.5, 0.6) is 5.75 Å². The van der Waals surface area contributed by atoms with Crippen LogP contribution >= 0.6 is 0 Å². The number of carbonyl (C=O) groups excluding carboxylic acids is 1. The molecule has 7 heteroatoms. The standard InChI is InChI=1S/C21H23N3O4/c1-4-14(2)24-20(26)17-10-5-6-11-18(17)23(21(24)27)13-19(25)22-15-8-7-9-16(12-15)28-3/h5-12,14H,4,13H2,1-3H3,(H,22,25)/t14-/m1/s1. The number of fused-ring (bicyclic) bond motifs is 1. The minimum atomic E-state index is -0.487. The van der Waals surface area contributed by atoms with Gasteiger partial charge in [-0.25, -0.2) is 4.79 Å².